The molecule has 0 aliphatic rings. The Hall–Kier alpha value is -2.66. The number of hydrogen-bond acceptors (Lipinski definition) is 2. The van der Waals surface area contributed by atoms with Crippen molar-refractivity contribution >= 4 is 17.5 Å². The van der Waals surface area contributed by atoms with Gasteiger partial charge in [-0.1, -0.05) is 29.8 Å². The first-order valence-electron chi connectivity index (χ1n) is 8.18. The quantitative estimate of drug-likeness (QED) is 0.714. The Bertz CT molecular complexity index is 960. The highest BCUT2D eigenvalue weighted by Crippen LogP contribution is 2.25. The number of aromatic nitrogens is 2. The van der Waals surface area contributed by atoms with Crippen LogP contribution in [0.15, 0.2) is 54.6 Å². The van der Waals surface area contributed by atoms with Gasteiger partial charge in [-0.25, -0.2) is 9.07 Å². The molecule has 1 amide bonds. The Morgan fingerprint density at radius 1 is 1.12 bits per heavy atom. The molecule has 2 aromatic carbocycles. The molecule has 0 bridgehead atoms. The van der Waals surface area contributed by atoms with E-state index in [2.05, 4.69) is 10.4 Å². The fourth-order valence-corrected chi connectivity index (χ4v) is 2.74. The van der Waals surface area contributed by atoms with Gasteiger partial charge in [-0.05, 0) is 57.2 Å². The van der Waals surface area contributed by atoms with Crippen molar-refractivity contribution in [2.75, 3.05) is 0 Å². The number of halogens is 2. The molecule has 0 fully saturated rings. The lowest BCUT2D eigenvalue weighted by Crippen LogP contribution is -2.41. The van der Waals surface area contributed by atoms with Crippen LogP contribution in [-0.4, -0.2) is 21.2 Å². The first-order chi connectivity index (χ1) is 12.2. The molecule has 0 aliphatic carbocycles. The summed E-state index contributed by atoms with van der Waals surface area (Å²) >= 11 is 6.08. The molecular formula is C20H19ClFN3O. The average molecular weight is 372 g/mol. The molecule has 0 unspecified atom stereocenters. The number of carbonyl (C=O) groups excluding carboxylic acids is 1. The van der Waals surface area contributed by atoms with Gasteiger partial charge in [-0.3, -0.25) is 4.79 Å². The summed E-state index contributed by atoms with van der Waals surface area (Å²) in [7, 11) is 0. The summed E-state index contributed by atoms with van der Waals surface area (Å²) < 4.78 is 15.7. The molecule has 0 atom stereocenters. The maximum atomic E-state index is 14.2. The zero-order chi connectivity index (χ0) is 18.9. The van der Waals surface area contributed by atoms with E-state index in [0.29, 0.717) is 27.7 Å². The van der Waals surface area contributed by atoms with Crippen molar-refractivity contribution in [2.24, 2.45) is 0 Å². The Balaban J connectivity index is 2.15. The third kappa shape index (κ3) is 3.94. The number of benzene rings is 2. The van der Waals surface area contributed by atoms with Gasteiger partial charge in [0.25, 0.3) is 5.91 Å². The van der Waals surface area contributed by atoms with Crippen LogP contribution < -0.4 is 5.32 Å². The van der Waals surface area contributed by atoms with Gasteiger partial charge in [-0.15, -0.1) is 0 Å². The highest BCUT2D eigenvalue weighted by molar-refractivity contribution is 6.30. The van der Waals surface area contributed by atoms with E-state index < -0.39 is 11.4 Å². The standard InChI is InChI=1S/C20H19ClFN3O/c1-20(2,3)23-19(26)18-12-17(15-9-4-5-10-16(15)22)24-25(18)14-8-6-7-13(21)11-14/h4-12H,1-3H3,(H,23,26). The topological polar surface area (TPSA) is 46.9 Å². The Kier molecular flexibility index (Phi) is 4.83. The minimum absolute atomic E-state index is 0.299. The van der Waals surface area contributed by atoms with Crippen molar-refractivity contribution < 1.29 is 9.18 Å². The van der Waals surface area contributed by atoms with Gasteiger partial charge in [0.15, 0.2) is 0 Å². The molecule has 1 aromatic heterocycles. The smallest absolute Gasteiger partial charge is 0.270 e. The molecule has 1 heterocycles. The van der Waals surface area contributed by atoms with E-state index in [1.165, 1.54) is 10.7 Å². The number of rotatable bonds is 3. The molecule has 6 heteroatoms. The molecule has 3 aromatic rings. The van der Waals surface area contributed by atoms with E-state index in [0.717, 1.165) is 0 Å². The van der Waals surface area contributed by atoms with Gasteiger partial charge in [0.1, 0.15) is 11.5 Å². The van der Waals surface area contributed by atoms with Crippen LogP contribution in [0.3, 0.4) is 0 Å². The molecule has 0 saturated heterocycles. The van der Waals surface area contributed by atoms with Crippen molar-refractivity contribution in [3.8, 4) is 16.9 Å². The molecule has 4 nitrogen and oxygen atoms in total. The molecule has 0 aliphatic heterocycles. The van der Waals surface area contributed by atoms with E-state index in [4.69, 9.17) is 11.6 Å². The third-order valence-corrected chi connectivity index (χ3v) is 3.87. The minimum atomic E-state index is -0.418. The second kappa shape index (κ2) is 6.92. The van der Waals surface area contributed by atoms with Crippen molar-refractivity contribution in [3.05, 3.63) is 71.1 Å². The van der Waals surface area contributed by atoms with Crippen molar-refractivity contribution in [2.45, 2.75) is 26.3 Å². The number of nitrogens with zero attached hydrogens (tertiary/aromatic N) is 2. The second-order valence-corrected chi connectivity index (χ2v) is 7.43. The maximum Gasteiger partial charge on any atom is 0.270 e. The molecule has 0 saturated carbocycles. The zero-order valence-corrected chi connectivity index (χ0v) is 15.5. The van der Waals surface area contributed by atoms with Gasteiger partial charge in [-0.2, -0.15) is 5.10 Å². The van der Waals surface area contributed by atoms with Crippen LogP contribution in [0.4, 0.5) is 4.39 Å². The van der Waals surface area contributed by atoms with Crippen LogP contribution in [0, 0.1) is 5.82 Å². The highest BCUT2D eigenvalue weighted by Gasteiger charge is 2.22. The lowest BCUT2D eigenvalue weighted by Gasteiger charge is -2.20. The highest BCUT2D eigenvalue weighted by atomic mass is 35.5. The van der Waals surface area contributed by atoms with Crippen molar-refractivity contribution in [1.82, 2.24) is 15.1 Å². The summed E-state index contributed by atoms with van der Waals surface area (Å²) in [4.78, 5) is 12.8. The summed E-state index contributed by atoms with van der Waals surface area (Å²) in [5, 5.41) is 7.89. The zero-order valence-electron chi connectivity index (χ0n) is 14.8. The van der Waals surface area contributed by atoms with Crippen molar-refractivity contribution in [1.29, 1.82) is 0 Å². The summed E-state index contributed by atoms with van der Waals surface area (Å²) in [6.07, 6.45) is 0. The summed E-state index contributed by atoms with van der Waals surface area (Å²) in [5.74, 6) is -0.696. The van der Waals surface area contributed by atoms with Gasteiger partial charge >= 0.3 is 0 Å². The first kappa shape index (κ1) is 18.1. The SMILES string of the molecule is CC(C)(C)NC(=O)c1cc(-c2ccccc2F)nn1-c1cccc(Cl)c1. The molecular weight excluding hydrogens is 353 g/mol. The molecule has 3 rings (SSSR count). The summed E-state index contributed by atoms with van der Waals surface area (Å²) in [6.45, 7) is 5.67. The third-order valence-electron chi connectivity index (χ3n) is 3.63. The molecule has 134 valence electrons. The largest absolute Gasteiger partial charge is 0.346 e. The number of amides is 1. The molecule has 0 spiro atoms. The average Bonchev–Trinajstić information content (AvgIpc) is 2.99. The Labute approximate surface area is 156 Å². The second-order valence-electron chi connectivity index (χ2n) is 6.99. The summed E-state index contributed by atoms with van der Waals surface area (Å²) in [6, 6.07) is 14.9. The minimum Gasteiger partial charge on any atom is -0.346 e. The fraction of sp³-hybridized carbons (Fsp3) is 0.200. The number of hydrogen-bond donors (Lipinski definition) is 1. The Morgan fingerprint density at radius 3 is 2.50 bits per heavy atom. The fourth-order valence-electron chi connectivity index (χ4n) is 2.55. The first-order valence-corrected chi connectivity index (χ1v) is 8.56. The molecule has 1 N–H and O–H groups in total. The molecule has 26 heavy (non-hydrogen) atoms. The van der Waals surface area contributed by atoms with E-state index >= 15 is 0 Å². The summed E-state index contributed by atoms with van der Waals surface area (Å²) in [5.41, 5.74) is 1.22. The number of carbonyl (C=O) groups is 1. The molecule has 0 radical (unpaired) electrons. The maximum absolute atomic E-state index is 14.2. The van der Waals surface area contributed by atoms with E-state index in [1.807, 2.05) is 20.8 Å². The van der Waals surface area contributed by atoms with Crippen LogP contribution in [-0.2, 0) is 0 Å². The van der Waals surface area contributed by atoms with Crippen LogP contribution in [0.5, 0.6) is 0 Å². The van der Waals surface area contributed by atoms with Crippen molar-refractivity contribution in [3.63, 3.8) is 0 Å². The van der Waals surface area contributed by atoms with Gasteiger partial charge in [0.2, 0.25) is 0 Å². The van der Waals surface area contributed by atoms with Crippen LogP contribution >= 0.6 is 11.6 Å². The van der Waals surface area contributed by atoms with Gasteiger partial charge < -0.3 is 5.32 Å². The predicted molar refractivity (Wildman–Crippen MR) is 101 cm³/mol. The van der Waals surface area contributed by atoms with Crippen LogP contribution in [0.25, 0.3) is 16.9 Å². The lowest BCUT2D eigenvalue weighted by atomic mass is 10.1. The van der Waals surface area contributed by atoms with Crippen LogP contribution in [0.1, 0.15) is 31.3 Å². The Morgan fingerprint density at radius 2 is 1.85 bits per heavy atom. The predicted octanol–water partition coefficient (Wildman–Crippen LogP) is 4.86. The van der Waals surface area contributed by atoms with E-state index in [9.17, 15) is 9.18 Å². The lowest BCUT2D eigenvalue weighted by molar-refractivity contribution is 0.0911. The van der Waals surface area contributed by atoms with E-state index in [1.54, 1.807) is 48.5 Å². The normalized spacial score (nSPS) is 11.4. The van der Waals surface area contributed by atoms with Gasteiger partial charge in [0, 0.05) is 16.1 Å². The van der Waals surface area contributed by atoms with Gasteiger partial charge in [0.05, 0.1) is 11.4 Å². The monoisotopic (exact) mass is 371 g/mol. The number of nitrogens with one attached hydrogen (secondary N) is 1. The van der Waals surface area contributed by atoms with E-state index in [-0.39, 0.29) is 5.91 Å². The van der Waals surface area contributed by atoms with Crippen LogP contribution in [0.2, 0.25) is 5.02 Å².